The van der Waals surface area contributed by atoms with Crippen molar-refractivity contribution in [3.05, 3.63) is 59.7 Å². The van der Waals surface area contributed by atoms with Gasteiger partial charge < -0.3 is 14.5 Å². The molecule has 2 aliphatic heterocycles. The first-order valence-corrected chi connectivity index (χ1v) is 14.7. The smallest absolute Gasteiger partial charge is 0.343 e. The molecule has 40 heavy (non-hydrogen) atoms. The number of nitrogens with zero attached hydrogens (tertiary/aromatic N) is 3. The van der Waals surface area contributed by atoms with Crippen LogP contribution in [0.3, 0.4) is 0 Å². The van der Waals surface area contributed by atoms with Gasteiger partial charge in [0.2, 0.25) is 11.8 Å². The topological polar surface area (TPSA) is 53.1 Å². The number of benzene rings is 1. The van der Waals surface area contributed by atoms with E-state index in [0.29, 0.717) is 25.3 Å². The molecular weight excluding hydrogens is 512 g/mol. The van der Waals surface area contributed by atoms with Gasteiger partial charge in [-0.1, -0.05) is 69.3 Å². The fraction of sp³-hybridized carbons (Fsp3) is 0.625. The molecule has 2 amide bonds. The molecular formula is C32H45F2N3O3. The molecule has 0 spiro atoms. The van der Waals surface area contributed by atoms with Crippen LogP contribution in [0.5, 0.6) is 0 Å². The van der Waals surface area contributed by atoms with Gasteiger partial charge in [0.15, 0.2) is 0 Å². The third kappa shape index (κ3) is 8.00. The maximum absolute atomic E-state index is 13.6. The Morgan fingerprint density at radius 3 is 2.38 bits per heavy atom. The highest BCUT2D eigenvalue weighted by molar-refractivity contribution is 5.77. The second-order valence-corrected chi connectivity index (χ2v) is 12.6. The van der Waals surface area contributed by atoms with Crippen LogP contribution < -0.4 is 0 Å². The minimum Gasteiger partial charge on any atom is -0.343 e. The maximum atomic E-state index is 13.6. The van der Waals surface area contributed by atoms with E-state index in [-0.39, 0.29) is 29.2 Å². The van der Waals surface area contributed by atoms with Gasteiger partial charge in [-0.3, -0.25) is 14.5 Å². The number of hydrogen-bond donors (Lipinski definition) is 0. The van der Waals surface area contributed by atoms with Crippen molar-refractivity contribution in [3.8, 4) is 0 Å². The lowest BCUT2D eigenvalue weighted by Crippen LogP contribution is -2.60. The standard InChI is InChI=1S/C32H45F2N3O3/c1-23(38)36-15-13-24(14-16-36)19-30(39)37-18-17-35(22-29(37)32(2,3)4)21-28(25-9-6-5-7-10-25)26-11-8-12-27(20-26)40-31(33)34/h5-11,20,24,27-29,31H,12-19,21-22H2,1-4H3/t27?,28?,29-/m1/s1. The summed E-state index contributed by atoms with van der Waals surface area (Å²) in [6.45, 7) is 9.78. The van der Waals surface area contributed by atoms with Crippen molar-refractivity contribution in [1.82, 2.24) is 14.7 Å². The van der Waals surface area contributed by atoms with E-state index in [1.807, 2.05) is 41.3 Å². The van der Waals surface area contributed by atoms with Crippen LogP contribution in [0.1, 0.15) is 64.9 Å². The molecule has 8 heteroatoms. The molecule has 0 N–H and O–H groups in total. The number of carbonyl (C=O) groups is 2. The van der Waals surface area contributed by atoms with Gasteiger partial charge in [-0.15, -0.1) is 0 Å². The first kappa shape index (κ1) is 30.4. The minimum absolute atomic E-state index is 0.0100. The number of rotatable bonds is 8. The van der Waals surface area contributed by atoms with Crippen molar-refractivity contribution in [2.75, 3.05) is 39.3 Å². The number of hydrogen-bond acceptors (Lipinski definition) is 4. The summed E-state index contributed by atoms with van der Waals surface area (Å²) in [4.78, 5) is 31.7. The molecule has 4 rings (SSSR count). The molecule has 0 aromatic heterocycles. The van der Waals surface area contributed by atoms with Gasteiger partial charge in [0.1, 0.15) is 0 Å². The third-order valence-electron chi connectivity index (χ3n) is 8.69. The monoisotopic (exact) mass is 557 g/mol. The highest BCUT2D eigenvalue weighted by Gasteiger charge is 2.39. The van der Waals surface area contributed by atoms with E-state index in [2.05, 4.69) is 42.7 Å². The summed E-state index contributed by atoms with van der Waals surface area (Å²) in [5.74, 6) is 0.651. The Morgan fingerprint density at radius 2 is 1.75 bits per heavy atom. The quantitative estimate of drug-likeness (QED) is 0.425. The highest BCUT2D eigenvalue weighted by atomic mass is 19.3. The van der Waals surface area contributed by atoms with Crippen LogP contribution in [0.2, 0.25) is 0 Å². The molecule has 2 fully saturated rings. The van der Waals surface area contributed by atoms with Crippen molar-refractivity contribution in [1.29, 1.82) is 0 Å². The fourth-order valence-electron chi connectivity index (χ4n) is 6.34. The first-order chi connectivity index (χ1) is 19.0. The van der Waals surface area contributed by atoms with Crippen molar-refractivity contribution in [2.24, 2.45) is 11.3 Å². The van der Waals surface area contributed by atoms with Crippen LogP contribution in [-0.2, 0) is 14.3 Å². The molecule has 2 saturated heterocycles. The Morgan fingerprint density at radius 1 is 1.05 bits per heavy atom. The van der Waals surface area contributed by atoms with Gasteiger partial charge >= 0.3 is 6.61 Å². The number of piperidine rings is 1. The van der Waals surface area contributed by atoms with Crippen molar-refractivity contribution >= 4 is 11.8 Å². The fourth-order valence-corrected chi connectivity index (χ4v) is 6.34. The molecule has 220 valence electrons. The van der Waals surface area contributed by atoms with Gasteiger partial charge in [0.25, 0.3) is 0 Å². The van der Waals surface area contributed by atoms with E-state index in [0.717, 1.165) is 56.7 Å². The maximum Gasteiger partial charge on any atom is 0.345 e. The van der Waals surface area contributed by atoms with E-state index >= 15 is 0 Å². The highest BCUT2D eigenvalue weighted by Crippen LogP contribution is 2.34. The summed E-state index contributed by atoms with van der Waals surface area (Å²) in [7, 11) is 0. The Labute approximate surface area is 238 Å². The molecule has 1 aliphatic carbocycles. The average molecular weight is 558 g/mol. The van der Waals surface area contributed by atoms with Gasteiger partial charge in [-0.05, 0) is 41.7 Å². The lowest BCUT2D eigenvalue weighted by Gasteiger charge is -2.48. The average Bonchev–Trinajstić information content (AvgIpc) is 2.91. The number of amides is 2. The van der Waals surface area contributed by atoms with Crippen LogP contribution in [-0.4, -0.2) is 84.5 Å². The number of ether oxygens (including phenoxy) is 1. The SMILES string of the molecule is CC(=O)N1CCC(CC(=O)N2CCN(CC(C3=CC(OC(F)F)CC=C3)c3ccccc3)C[C@@H]2C(C)(C)C)CC1. The minimum atomic E-state index is -2.80. The van der Waals surface area contributed by atoms with Gasteiger partial charge in [0, 0.05) is 64.6 Å². The van der Waals surface area contributed by atoms with E-state index in [9.17, 15) is 18.4 Å². The van der Waals surface area contributed by atoms with E-state index < -0.39 is 12.7 Å². The lowest BCUT2D eigenvalue weighted by atomic mass is 9.82. The van der Waals surface area contributed by atoms with E-state index in [4.69, 9.17) is 4.74 Å². The van der Waals surface area contributed by atoms with Crippen LogP contribution >= 0.6 is 0 Å². The molecule has 1 aromatic rings. The normalized spacial score (nSPS) is 23.8. The van der Waals surface area contributed by atoms with E-state index in [1.54, 1.807) is 6.92 Å². The number of likely N-dealkylation sites (tertiary alicyclic amines) is 1. The van der Waals surface area contributed by atoms with Crippen molar-refractivity contribution in [2.45, 2.75) is 78.1 Å². The van der Waals surface area contributed by atoms with E-state index in [1.165, 1.54) is 0 Å². The van der Waals surface area contributed by atoms with Crippen LogP contribution in [0.15, 0.2) is 54.1 Å². The first-order valence-electron chi connectivity index (χ1n) is 14.7. The predicted molar refractivity (Wildman–Crippen MR) is 153 cm³/mol. The molecule has 1 aromatic carbocycles. The summed E-state index contributed by atoms with van der Waals surface area (Å²) < 4.78 is 30.8. The van der Waals surface area contributed by atoms with Gasteiger partial charge in [-0.25, -0.2) is 0 Å². The van der Waals surface area contributed by atoms with Crippen molar-refractivity contribution < 1.29 is 23.1 Å². The lowest BCUT2D eigenvalue weighted by molar-refractivity contribution is -0.149. The molecule has 0 radical (unpaired) electrons. The number of piperazine rings is 1. The van der Waals surface area contributed by atoms with Gasteiger partial charge in [-0.2, -0.15) is 8.78 Å². The molecule has 2 unspecified atom stereocenters. The van der Waals surface area contributed by atoms with Crippen molar-refractivity contribution in [3.63, 3.8) is 0 Å². The Bertz CT molecular complexity index is 1060. The zero-order valence-corrected chi connectivity index (χ0v) is 24.4. The Hall–Kier alpha value is -2.58. The summed E-state index contributed by atoms with van der Waals surface area (Å²) >= 11 is 0. The molecule has 3 atom stereocenters. The number of halogens is 2. The number of carbonyl (C=O) groups excluding carboxylic acids is 2. The third-order valence-corrected chi connectivity index (χ3v) is 8.69. The molecule has 0 saturated carbocycles. The number of allylic oxidation sites excluding steroid dienone is 1. The largest absolute Gasteiger partial charge is 0.345 e. The summed E-state index contributed by atoms with van der Waals surface area (Å²) in [6.07, 6.45) is 7.92. The predicted octanol–water partition coefficient (Wildman–Crippen LogP) is 5.47. The molecule has 3 aliphatic rings. The van der Waals surface area contributed by atoms with Crippen LogP contribution in [0.25, 0.3) is 0 Å². The zero-order chi connectivity index (χ0) is 28.9. The Kier molecular flexibility index (Phi) is 10.2. The molecule has 6 nitrogen and oxygen atoms in total. The molecule has 2 heterocycles. The van der Waals surface area contributed by atoms with Gasteiger partial charge in [0.05, 0.1) is 6.10 Å². The van der Waals surface area contributed by atoms with Crippen LogP contribution in [0.4, 0.5) is 8.78 Å². The van der Waals surface area contributed by atoms with Crippen LogP contribution in [0, 0.1) is 11.3 Å². The zero-order valence-electron chi connectivity index (χ0n) is 24.4. The summed E-state index contributed by atoms with van der Waals surface area (Å²) in [5.41, 5.74) is 2.03. The summed E-state index contributed by atoms with van der Waals surface area (Å²) in [6, 6.07) is 10.3. The summed E-state index contributed by atoms with van der Waals surface area (Å²) in [5, 5.41) is 0. The second kappa shape index (κ2) is 13.4. The second-order valence-electron chi connectivity index (χ2n) is 12.6. The molecule has 0 bridgehead atoms. The Balaban J connectivity index is 1.46. The number of alkyl halides is 2.